The molecule has 0 N–H and O–H groups in total. The number of carbonyl (C=O) groups excluding carboxylic acids is 1. The topological polar surface area (TPSA) is 20.3 Å². The molecule has 1 aliphatic rings. The maximum Gasteiger partial charge on any atom is 0.265 e. The summed E-state index contributed by atoms with van der Waals surface area (Å²) < 4.78 is 0. The normalized spacial score (nSPS) is 17.5. The van der Waals surface area contributed by atoms with Gasteiger partial charge in [-0.05, 0) is 24.3 Å². The van der Waals surface area contributed by atoms with Gasteiger partial charge in [-0.25, -0.2) is 0 Å². The first-order chi connectivity index (χ1) is 7.29. The molecule has 4 heteroatoms. The van der Waals surface area contributed by atoms with Gasteiger partial charge in [0.25, 0.3) is 5.91 Å². The second kappa shape index (κ2) is 4.99. The molecule has 0 saturated carbocycles. The van der Waals surface area contributed by atoms with Crippen molar-refractivity contribution in [3.63, 3.8) is 0 Å². The first kappa shape index (κ1) is 11.0. The van der Waals surface area contributed by atoms with Crippen molar-refractivity contribution in [2.45, 2.75) is 25.7 Å². The fourth-order valence-corrected chi connectivity index (χ4v) is 2.97. The number of amides is 1. The van der Waals surface area contributed by atoms with Crippen LogP contribution in [-0.4, -0.2) is 23.9 Å². The lowest BCUT2D eigenvalue weighted by molar-refractivity contribution is 0.0766. The van der Waals surface area contributed by atoms with Crippen LogP contribution in [0.5, 0.6) is 0 Å². The summed E-state index contributed by atoms with van der Waals surface area (Å²) in [5.74, 6) is 0.108. The van der Waals surface area contributed by atoms with Crippen molar-refractivity contribution in [1.29, 1.82) is 0 Å². The number of carbonyl (C=O) groups is 1. The van der Waals surface area contributed by atoms with E-state index in [4.69, 9.17) is 11.6 Å². The average Bonchev–Trinajstić information content (AvgIpc) is 2.53. The maximum absolute atomic E-state index is 12.1. The van der Waals surface area contributed by atoms with Crippen LogP contribution in [0.1, 0.15) is 35.4 Å². The zero-order chi connectivity index (χ0) is 10.7. The molecule has 1 aliphatic heterocycles. The van der Waals surface area contributed by atoms with Gasteiger partial charge in [0.2, 0.25) is 0 Å². The van der Waals surface area contributed by atoms with Crippen LogP contribution < -0.4 is 0 Å². The van der Waals surface area contributed by atoms with Gasteiger partial charge in [-0.3, -0.25) is 4.79 Å². The Balaban J connectivity index is 2.09. The highest BCUT2D eigenvalue weighted by Gasteiger charge is 2.20. The van der Waals surface area contributed by atoms with Gasteiger partial charge in [-0.1, -0.05) is 24.4 Å². The van der Waals surface area contributed by atoms with E-state index in [1.54, 1.807) is 6.07 Å². The fraction of sp³-hybridized carbons (Fsp3) is 0.545. The third kappa shape index (κ3) is 2.52. The lowest BCUT2D eigenvalue weighted by Gasteiger charge is -2.19. The van der Waals surface area contributed by atoms with Crippen molar-refractivity contribution >= 4 is 28.8 Å². The Morgan fingerprint density at radius 3 is 2.47 bits per heavy atom. The van der Waals surface area contributed by atoms with Crippen LogP contribution in [-0.2, 0) is 0 Å². The van der Waals surface area contributed by atoms with Gasteiger partial charge in [-0.2, -0.15) is 0 Å². The van der Waals surface area contributed by atoms with Crippen molar-refractivity contribution < 1.29 is 4.79 Å². The number of rotatable bonds is 1. The lowest BCUT2D eigenvalue weighted by atomic mass is 10.2. The zero-order valence-corrected chi connectivity index (χ0v) is 10.1. The van der Waals surface area contributed by atoms with Gasteiger partial charge in [0.1, 0.15) is 4.88 Å². The maximum atomic E-state index is 12.1. The highest BCUT2D eigenvalue weighted by molar-refractivity contribution is 7.12. The van der Waals surface area contributed by atoms with Gasteiger partial charge in [-0.15, -0.1) is 11.3 Å². The SMILES string of the molecule is O=C(c1sccc1Cl)N1CCCCCC1. The molecule has 15 heavy (non-hydrogen) atoms. The Kier molecular flexibility index (Phi) is 3.65. The predicted molar refractivity (Wildman–Crippen MR) is 63.7 cm³/mol. The van der Waals surface area contributed by atoms with E-state index >= 15 is 0 Å². The third-order valence-corrected chi connectivity index (χ3v) is 4.03. The Bertz CT molecular complexity index is 342. The molecular formula is C11H14ClNOS. The first-order valence-electron chi connectivity index (χ1n) is 5.31. The molecule has 0 bridgehead atoms. The molecular weight excluding hydrogens is 230 g/mol. The minimum Gasteiger partial charge on any atom is -0.338 e. The minimum absolute atomic E-state index is 0.108. The Hall–Kier alpha value is -0.540. The van der Waals surface area contributed by atoms with Gasteiger partial charge < -0.3 is 4.90 Å². The molecule has 0 spiro atoms. The first-order valence-corrected chi connectivity index (χ1v) is 6.57. The van der Waals surface area contributed by atoms with Gasteiger partial charge in [0, 0.05) is 13.1 Å². The van der Waals surface area contributed by atoms with Crippen LogP contribution >= 0.6 is 22.9 Å². The van der Waals surface area contributed by atoms with Crippen LogP contribution in [0.2, 0.25) is 5.02 Å². The molecule has 0 aromatic carbocycles. The monoisotopic (exact) mass is 243 g/mol. The van der Waals surface area contributed by atoms with E-state index in [1.807, 2.05) is 10.3 Å². The Morgan fingerprint density at radius 2 is 1.93 bits per heavy atom. The number of likely N-dealkylation sites (tertiary alicyclic amines) is 1. The Labute approximate surface area is 98.8 Å². The molecule has 0 atom stereocenters. The molecule has 2 nitrogen and oxygen atoms in total. The summed E-state index contributed by atoms with van der Waals surface area (Å²) >= 11 is 7.39. The Morgan fingerprint density at radius 1 is 1.27 bits per heavy atom. The van der Waals surface area contributed by atoms with Crippen molar-refractivity contribution in [1.82, 2.24) is 4.90 Å². The average molecular weight is 244 g/mol. The van der Waals surface area contributed by atoms with E-state index < -0.39 is 0 Å². The summed E-state index contributed by atoms with van der Waals surface area (Å²) in [5.41, 5.74) is 0. The van der Waals surface area contributed by atoms with Crippen LogP contribution in [0.3, 0.4) is 0 Å². The molecule has 1 saturated heterocycles. The predicted octanol–water partition coefficient (Wildman–Crippen LogP) is 3.42. The molecule has 0 aliphatic carbocycles. The molecule has 0 unspecified atom stereocenters. The third-order valence-electron chi connectivity index (χ3n) is 2.70. The van der Waals surface area contributed by atoms with E-state index in [0.29, 0.717) is 9.90 Å². The molecule has 1 fully saturated rings. The summed E-state index contributed by atoms with van der Waals surface area (Å²) in [6.45, 7) is 1.76. The molecule has 1 aromatic heterocycles. The number of hydrogen-bond donors (Lipinski definition) is 0. The number of thiophene rings is 1. The largest absolute Gasteiger partial charge is 0.338 e. The number of nitrogens with zero attached hydrogens (tertiary/aromatic N) is 1. The summed E-state index contributed by atoms with van der Waals surface area (Å²) in [7, 11) is 0. The minimum atomic E-state index is 0.108. The van der Waals surface area contributed by atoms with Crippen molar-refractivity contribution in [3.8, 4) is 0 Å². The molecule has 2 rings (SSSR count). The molecule has 0 radical (unpaired) electrons. The highest BCUT2D eigenvalue weighted by Crippen LogP contribution is 2.24. The lowest BCUT2D eigenvalue weighted by Crippen LogP contribution is -2.31. The van der Waals surface area contributed by atoms with E-state index in [-0.39, 0.29) is 5.91 Å². The van der Waals surface area contributed by atoms with Crippen LogP contribution in [0.4, 0.5) is 0 Å². The second-order valence-electron chi connectivity index (χ2n) is 3.80. The van der Waals surface area contributed by atoms with Crippen LogP contribution in [0.15, 0.2) is 11.4 Å². The standard InChI is InChI=1S/C11H14ClNOS/c12-9-5-8-15-10(9)11(14)13-6-3-1-2-4-7-13/h5,8H,1-4,6-7H2. The quantitative estimate of drug-likeness (QED) is 0.740. The van der Waals surface area contributed by atoms with E-state index in [9.17, 15) is 4.79 Å². The second-order valence-corrected chi connectivity index (χ2v) is 5.13. The number of hydrogen-bond acceptors (Lipinski definition) is 2. The molecule has 1 amide bonds. The summed E-state index contributed by atoms with van der Waals surface area (Å²) in [5, 5.41) is 2.46. The number of halogens is 1. The van der Waals surface area contributed by atoms with E-state index in [2.05, 4.69) is 0 Å². The summed E-state index contributed by atoms with van der Waals surface area (Å²) in [6.07, 6.45) is 4.72. The molecule has 2 heterocycles. The van der Waals surface area contributed by atoms with Gasteiger partial charge in [0.05, 0.1) is 5.02 Å². The highest BCUT2D eigenvalue weighted by atomic mass is 35.5. The van der Waals surface area contributed by atoms with E-state index in [1.165, 1.54) is 24.2 Å². The van der Waals surface area contributed by atoms with Crippen LogP contribution in [0, 0.1) is 0 Å². The summed E-state index contributed by atoms with van der Waals surface area (Å²) in [6, 6.07) is 1.79. The smallest absolute Gasteiger partial charge is 0.265 e. The molecule has 82 valence electrons. The van der Waals surface area contributed by atoms with Crippen molar-refractivity contribution in [3.05, 3.63) is 21.3 Å². The summed E-state index contributed by atoms with van der Waals surface area (Å²) in [4.78, 5) is 14.7. The fourth-order valence-electron chi connectivity index (χ4n) is 1.86. The molecule has 1 aromatic rings. The van der Waals surface area contributed by atoms with E-state index in [0.717, 1.165) is 25.9 Å². The zero-order valence-electron chi connectivity index (χ0n) is 8.54. The van der Waals surface area contributed by atoms with Gasteiger partial charge >= 0.3 is 0 Å². The van der Waals surface area contributed by atoms with Crippen molar-refractivity contribution in [2.24, 2.45) is 0 Å². The van der Waals surface area contributed by atoms with Crippen LogP contribution in [0.25, 0.3) is 0 Å². The van der Waals surface area contributed by atoms with Crippen molar-refractivity contribution in [2.75, 3.05) is 13.1 Å². The van der Waals surface area contributed by atoms with Gasteiger partial charge in [0.15, 0.2) is 0 Å².